The van der Waals surface area contributed by atoms with Crippen molar-refractivity contribution in [2.75, 3.05) is 7.05 Å². The molecule has 114 valence electrons. The second-order valence-corrected chi connectivity index (χ2v) is 5.07. The summed E-state index contributed by atoms with van der Waals surface area (Å²) in [6.45, 7) is 7.20. The molecular weight excluding hydrogens is 269 g/mol. The fourth-order valence-electron chi connectivity index (χ4n) is 2.29. The van der Waals surface area contributed by atoms with Crippen LogP contribution in [0.2, 0.25) is 0 Å². The molecule has 5 heteroatoms. The van der Waals surface area contributed by atoms with E-state index < -0.39 is 0 Å². The largest absolute Gasteiger partial charge is 0.487 e. The first-order valence-electron chi connectivity index (χ1n) is 7.18. The first-order chi connectivity index (χ1) is 10.0. The van der Waals surface area contributed by atoms with Crippen molar-refractivity contribution in [2.45, 2.75) is 40.0 Å². The fraction of sp³-hybridized carbons (Fsp3) is 0.438. The average molecular weight is 291 g/mol. The van der Waals surface area contributed by atoms with Crippen LogP contribution in [0.3, 0.4) is 0 Å². The maximum atomic E-state index is 13.4. The van der Waals surface area contributed by atoms with Gasteiger partial charge in [-0.05, 0) is 52.1 Å². The first kappa shape index (κ1) is 15.5. The van der Waals surface area contributed by atoms with Crippen molar-refractivity contribution < 1.29 is 9.13 Å². The molecule has 0 aliphatic heterocycles. The molecule has 0 bridgehead atoms. The van der Waals surface area contributed by atoms with Crippen molar-refractivity contribution >= 4 is 0 Å². The van der Waals surface area contributed by atoms with Crippen molar-refractivity contribution in [2.24, 2.45) is 0 Å². The van der Waals surface area contributed by atoms with Crippen molar-refractivity contribution in [3.63, 3.8) is 0 Å². The molecule has 0 saturated heterocycles. The summed E-state index contributed by atoms with van der Waals surface area (Å²) in [6, 6.07) is 6.64. The maximum Gasteiger partial charge on any atom is 0.130 e. The van der Waals surface area contributed by atoms with Crippen LogP contribution in [0.4, 0.5) is 4.39 Å². The SMILES string of the molecule is CCn1nc(C)cc1COc1ccc(F)cc1C(C)NC. The Kier molecular flexibility index (Phi) is 4.96. The van der Waals surface area contributed by atoms with Gasteiger partial charge in [-0.15, -0.1) is 0 Å². The van der Waals surface area contributed by atoms with Gasteiger partial charge in [0.2, 0.25) is 0 Å². The highest BCUT2D eigenvalue weighted by molar-refractivity contribution is 5.36. The molecular formula is C16H22FN3O. The van der Waals surface area contributed by atoms with Gasteiger partial charge < -0.3 is 10.1 Å². The van der Waals surface area contributed by atoms with Gasteiger partial charge in [-0.3, -0.25) is 4.68 Å². The molecule has 4 nitrogen and oxygen atoms in total. The van der Waals surface area contributed by atoms with Crippen LogP contribution in [0, 0.1) is 12.7 Å². The highest BCUT2D eigenvalue weighted by Gasteiger charge is 2.13. The standard InChI is InChI=1S/C16H22FN3O/c1-5-20-14(8-11(2)19-20)10-21-16-7-6-13(17)9-15(16)12(3)18-4/h6-9,12,18H,5,10H2,1-4H3. The zero-order valence-electron chi connectivity index (χ0n) is 13.0. The number of rotatable bonds is 6. The molecule has 21 heavy (non-hydrogen) atoms. The second kappa shape index (κ2) is 6.72. The number of benzene rings is 1. The van der Waals surface area contributed by atoms with Gasteiger partial charge in [0.05, 0.1) is 11.4 Å². The van der Waals surface area contributed by atoms with Gasteiger partial charge in [-0.2, -0.15) is 5.10 Å². The molecule has 0 spiro atoms. The number of nitrogens with one attached hydrogen (secondary N) is 1. The van der Waals surface area contributed by atoms with E-state index in [0.717, 1.165) is 23.5 Å². The van der Waals surface area contributed by atoms with Gasteiger partial charge in [0.15, 0.2) is 0 Å². The molecule has 2 rings (SSSR count). The van der Waals surface area contributed by atoms with Crippen LogP contribution in [0.15, 0.2) is 24.3 Å². The van der Waals surface area contributed by atoms with E-state index in [0.29, 0.717) is 12.4 Å². The molecule has 0 aliphatic carbocycles. The Bertz CT molecular complexity index is 610. The molecule has 0 fully saturated rings. The Hall–Kier alpha value is -1.88. The predicted molar refractivity (Wildman–Crippen MR) is 80.8 cm³/mol. The lowest BCUT2D eigenvalue weighted by atomic mass is 10.1. The highest BCUT2D eigenvalue weighted by Crippen LogP contribution is 2.26. The predicted octanol–water partition coefficient (Wildman–Crippen LogP) is 3.21. The quantitative estimate of drug-likeness (QED) is 0.888. The summed E-state index contributed by atoms with van der Waals surface area (Å²) < 4.78 is 21.2. The van der Waals surface area contributed by atoms with E-state index in [4.69, 9.17) is 4.74 Å². The zero-order chi connectivity index (χ0) is 15.4. The van der Waals surface area contributed by atoms with Gasteiger partial charge in [-0.25, -0.2) is 4.39 Å². The third-order valence-electron chi connectivity index (χ3n) is 3.53. The number of ether oxygens (including phenoxy) is 1. The minimum atomic E-state index is -0.256. The highest BCUT2D eigenvalue weighted by atomic mass is 19.1. The lowest BCUT2D eigenvalue weighted by molar-refractivity contribution is 0.286. The molecule has 1 aromatic heterocycles. The molecule has 1 aromatic carbocycles. The molecule has 1 unspecified atom stereocenters. The van der Waals surface area contributed by atoms with E-state index in [2.05, 4.69) is 10.4 Å². The summed E-state index contributed by atoms with van der Waals surface area (Å²) in [5.41, 5.74) is 2.80. The van der Waals surface area contributed by atoms with E-state index in [1.807, 2.05) is 38.6 Å². The maximum absolute atomic E-state index is 13.4. The van der Waals surface area contributed by atoms with Crippen LogP contribution in [0.1, 0.15) is 36.8 Å². The summed E-state index contributed by atoms with van der Waals surface area (Å²) in [7, 11) is 1.84. The minimum Gasteiger partial charge on any atom is -0.487 e. The van der Waals surface area contributed by atoms with E-state index in [1.54, 1.807) is 6.07 Å². The van der Waals surface area contributed by atoms with Crippen molar-refractivity contribution in [3.8, 4) is 5.75 Å². The van der Waals surface area contributed by atoms with E-state index in [9.17, 15) is 4.39 Å². The van der Waals surface area contributed by atoms with Crippen molar-refractivity contribution in [3.05, 3.63) is 47.0 Å². The van der Waals surface area contributed by atoms with Gasteiger partial charge >= 0.3 is 0 Å². The van der Waals surface area contributed by atoms with E-state index in [-0.39, 0.29) is 11.9 Å². The van der Waals surface area contributed by atoms with E-state index >= 15 is 0 Å². The zero-order valence-corrected chi connectivity index (χ0v) is 13.0. The smallest absolute Gasteiger partial charge is 0.130 e. The van der Waals surface area contributed by atoms with Crippen LogP contribution in [-0.2, 0) is 13.2 Å². The van der Waals surface area contributed by atoms with Crippen LogP contribution in [-0.4, -0.2) is 16.8 Å². The number of hydrogen-bond donors (Lipinski definition) is 1. The van der Waals surface area contributed by atoms with Crippen LogP contribution >= 0.6 is 0 Å². The molecule has 0 saturated carbocycles. The summed E-state index contributed by atoms with van der Waals surface area (Å²) in [6.07, 6.45) is 0. The monoisotopic (exact) mass is 291 g/mol. The summed E-state index contributed by atoms with van der Waals surface area (Å²) in [5.74, 6) is 0.439. The Morgan fingerprint density at radius 3 is 2.81 bits per heavy atom. The summed E-state index contributed by atoms with van der Waals surface area (Å²) in [5, 5.41) is 7.50. The Balaban J connectivity index is 2.19. The van der Waals surface area contributed by atoms with Crippen molar-refractivity contribution in [1.29, 1.82) is 0 Å². The minimum absolute atomic E-state index is 0.0218. The lowest BCUT2D eigenvalue weighted by Crippen LogP contribution is -2.14. The first-order valence-corrected chi connectivity index (χ1v) is 7.18. The summed E-state index contributed by atoms with van der Waals surface area (Å²) in [4.78, 5) is 0. The molecule has 1 heterocycles. The van der Waals surface area contributed by atoms with Gasteiger partial charge in [-0.1, -0.05) is 0 Å². The summed E-state index contributed by atoms with van der Waals surface area (Å²) >= 11 is 0. The normalized spacial score (nSPS) is 12.4. The number of hydrogen-bond acceptors (Lipinski definition) is 3. The van der Waals surface area contributed by atoms with Crippen LogP contribution < -0.4 is 10.1 Å². The number of halogens is 1. The van der Waals surface area contributed by atoms with E-state index in [1.165, 1.54) is 12.1 Å². The average Bonchev–Trinajstić information content (AvgIpc) is 2.85. The van der Waals surface area contributed by atoms with Crippen molar-refractivity contribution in [1.82, 2.24) is 15.1 Å². The molecule has 0 amide bonds. The molecule has 0 aliphatic rings. The van der Waals surface area contributed by atoms with Crippen LogP contribution in [0.5, 0.6) is 5.75 Å². The lowest BCUT2D eigenvalue weighted by Gasteiger charge is -2.17. The Morgan fingerprint density at radius 2 is 2.14 bits per heavy atom. The third kappa shape index (κ3) is 3.61. The Morgan fingerprint density at radius 1 is 1.38 bits per heavy atom. The molecule has 2 aromatic rings. The third-order valence-corrected chi connectivity index (χ3v) is 3.53. The Labute approximate surface area is 124 Å². The van der Waals surface area contributed by atoms with Gasteiger partial charge in [0.1, 0.15) is 18.2 Å². The number of aryl methyl sites for hydroxylation is 2. The molecule has 1 N–H and O–H groups in total. The fourth-order valence-corrected chi connectivity index (χ4v) is 2.29. The van der Waals surface area contributed by atoms with Gasteiger partial charge in [0, 0.05) is 18.2 Å². The van der Waals surface area contributed by atoms with Gasteiger partial charge in [0.25, 0.3) is 0 Å². The number of nitrogens with zero attached hydrogens (tertiary/aromatic N) is 2. The molecule has 0 radical (unpaired) electrons. The van der Waals surface area contributed by atoms with Crippen LogP contribution in [0.25, 0.3) is 0 Å². The second-order valence-electron chi connectivity index (χ2n) is 5.07. The number of aromatic nitrogens is 2. The molecule has 1 atom stereocenters. The topological polar surface area (TPSA) is 39.1 Å².